The van der Waals surface area contributed by atoms with Crippen LogP contribution >= 0.6 is 0 Å². The van der Waals surface area contributed by atoms with E-state index in [1.165, 1.54) is 6.07 Å². The maximum Gasteiger partial charge on any atom is 0.160 e. The van der Waals surface area contributed by atoms with Gasteiger partial charge in [0.2, 0.25) is 0 Å². The number of anilines is 1. The molecule has 0 bridgehead atoms. The first-order valence-electron chi connectivity index (χ1n) is 7.15. The molecule has 5 heteroatoms. The van der Waals surface area contributed by atoms with E-state index in [0.717, 1.165) is 37.8 Å². The fourth-order valence-electron chi connectivity index (χ4n) is 3.36. The van der Waals surface area contributed by atoms with Crippen molar-refractivity contribution in [3.63, 3.8) is 0 Å². The van der Waals surface area contributed by atoms with Crippen molar-refractivity contribution in [1.29, 1.82) is 0 Å². The average Bonchev–Trinajstić information content (AvgIpc) is 2.43. The summed E-state index contributed by atoms with van der Waals surface area (Å²) in [6.45, 7) is 0.685. The Balaban J connectivity index is 1.79. The summed E-state index contributed by atoms with van der Waals surface area (Å²) in [5.41, 5.74) is -0.421. The number of rotatable bonds is 2. The predicted octanol–water partition coefficient (Wildman–Crippen LogP) is 2.84. The highest BCUT2D eigenvalue weighted by Crippen LogP contribution is 2.39. The van der Waals surface area contributed by atoms with Crippen LogP contribution in [-0.2, 0) is 4.74 Å². The number of ether oxygens (including phenoxy) is 1. The molecule has 2 aliphatic rings. The largest absolute Gasteiger partial charge is 0.385 e. The summed E-state index contributed by atoms with van der Waals surface area (Å²) in [6, 6.07) is 3.53. The Hall–Kier alpha value is -1.20. The Morgan fingerprint density at radius 3 is 2.85 bits per heavy atom. The van der Waals surface area contributed by atoms with Crippen molar-refractivity contribution in [3.05, 3.63) is 29.8 Å². The van der Waals surface area contributed by atoms with Crippen molar-refractivity contribution >= 4 is 5.69 Å². The van der Waals surface area contributed by atoms with E-state index in [1.54, 1.807) is 0 Å². The summed E-state index contributed by atoms with van der Waals surface area (Å²) in [7, 11) is 0. The third kappa shape index (κ3) is 2.40. The molecule has 0 spiro atoms. The van der Waals surface area contributed by atoms with Crippen LogP contribution < -0.4 is 5.32 Å². The standard InChI is InChI=1S/C15H19F2NO2/c16-11-6-5-10(9-12(11)17)18-13-3-1-4-14-15(13,19)7-2-8-20-14/h5-6,9,13-14,18-19H,1-4,7-8H2/t13-,14+,15+/m0/s1. The van der Waals surface area contributed by atoms with Crippen LogP contribution in [0.3, 0.4) is 0 Å². The lowest BCUT2D eigenvalue weighted by molar-refractivity contribution is -0.168. The van der Waals surface area contributed by atoms with Crippen molar-refractivity contribution in [2.24, 2.45) is 0 Å². The van der Waals surface area contributed by atoms with Gasteiger partial charge in [-0.3, -0.25) is 0 Å². The smallest absolute Gasteiger partial charge is 0.160 e. The number of fused-ring (bicyclic) bond motifs is 1. The minimum atomic E-state index is -0.915. The predicted molar refractivity (Wildman–Crippen MR) is 71.5 cm³/mol. The average molecular weight is 283 g/mol. The van der Waals surface area contributed by atoms with E-state index < -0.39 is 17.2 Å². The van der Waals surface area contributed by atoms with Crippen molar-refractivity contribution in [3.8, 4) is 0 Å². The van der Waals surface area contributed by atoms with Gasteiger partial charge in [-0.05, 0) is 44.2 Å². The molecule has 1 aliphatic carbocycles. The molecule has 1 aliphatic heterocycles. The normalized spacial score (nSPS) is 33.5. The molecular formula is C15H19F2NO2. The van der Waals surface area contributed by atoms with Crippen molar-refractivity contribution < 1.29 is 18.6 Å². The zero-order valence-electron chi connectivity index (χ0n) is 11.2. The van der Waals surface area contributed by atoms with Crippen LogP contribution in [0, 0.1) is 11.6 Å². The minimum absolute atomic E-state index is 0.159. The Morgan fingerprint density at radius 2 is 2.05 bits per heavy atom. The highest BCUT2D eigenvalue weighted by Gasteiger charge is 2.48. The number of aliphatic hydroxyl groups is 1. The maximum atomic E-state index is 13.3. The van der Waals surface area contributed by atoms with Crippen molar-refractivity contribution in [2.45, 2.75) is 49.9 Å². The van der Waals surface area contributed by atoms with Gasteiger partial charge in [0.25, 0.3) is 0 Å². The number of hydrogen-bond donors (Lipinski definition) is 2. The van der Waals surface area contributed by atoms with Gasteiger partial charge in [-0.1, -0.05) is 0 Å². The molecule has 0 unspecified atom stereocenters. The molecule has 3 rings (SSSR count). The molecule has 1 saturated heterocycles. The second-order valence-corrected chi connectivity index (χ2v) is 5.71. The van der Waals surface area contributed by atoms with Crippen LogP contribution in [0.15, 0.2) is 18.2 Å². The summed E-state index contributed by atoms with van der Waals surface area (Å²) in [5, 5.41) is 14.0. The van der Waals surface area contributed by atoms with E-state index in [2.05, 4.69) is 5.32 Å². The summed E-state index contributed by atoms with van der Waals surface area (Å²) < 4.78 is 31.9. The second-order valence-electron chi connectivity index (χ2n) is 5.71. The lowest BCUT2D eigenvalue weighted by Crippen LogP contribution is -2.60. The molecule has 0 radical (unpaired) electrons. The molecule has 3 nitrogen and oxygen atoms in total. The SMILES string of the molecule is O[C@@]12CCCO[C@@H]1CCC[C@@H]2Nc1ccc(F)c(F)c1. The Bertz CT molecular complexity index is 495. The molecule has 1 aromatic rings. The molecular weight excluding hydrogens is 264 g/mol. The molecule has 0 aromatic heterocycles. The van der Waals surface area contributed by atoms with Gasteiger partial charge in [-0.15, -0.1) is 0 Å². The fraction of sp³-hybridized carbons (Fsp3) is 0.600. The molecule has 110 valence electrons. The lowest BCUT2D eigenvalue weighted by atomic mass is 9.74. The molecule has 2 N–H and O–H groups in total. The van der Waals surface area contributed by atoms with Gasteiger partial charge >= 0.3 is 0 Å². The lowest BCUT2D eigenvalue weighted by Gasteiger charge is -2.48. The van der Waals surface area contributed by atoms with Crippen LogP contribution in [0.1, 0.15) is 32.1 Å². The molecule has 20 heavy (non-hydrogen) atoms. The highest BCUT2D eigenvalue weighted by molar-refractivity contribution is 5.45. The van der Waals surface area contributed by atoms with Crippen LogP contribution in [-0.4, -0.2) is 29.5 Å². The van der Waals surface area contributed by atoms with E-state index in [1.807, 2.05) is 0 Å². The van der Waals surface area contributed by atoms with E-state index in [0.29, 0.717) is 18.7 Å². The van der Waals surface area contributed by atoms with E-state index in [4.69, 9.17) is 4.74 Å². The first kappa shape index (κ1) is 13.8. The highest BCUT2D eigenvalue weighted by atomic mass is 19.2. The van der Waals surface area contributed by atoms with Crippen LogP contribution in [0.25, 0.3) is 0 Å². The van der Waals surface area contributed by atoms with Crippen molar-refractivity contribution in [2.75, 3.05) is 11.9 Å². The second kappa shape index (κ2) is 5.30. The number of halogens is 2. The van der Waals surface area contributed by atoms with Crippen LogP contribution in [0.2, 0.25) is 0 Å². The molecule has 1 heterocycles. The number of nitrogens with one attached hydrogen (secondary N) is 1. The molecule has 2 fully saturated rings. The monoisotopic (exact) mass is 283 g/mol. The van der Waals surface area contributed by atoms with Gasteiger partial charge < -0.3 is 15.2 Å². The molecule has 1 saturated carbocycles. The Kier molecular flexibility index (Phi) is 3.65. The molecule has 1 aromatic carbocycles. The quantitative estimate of drug-likeness (QED) is 0.877. The van der Waals surface area contributed by atoms with E-state index in [-0.39, 0.29) is 12.1 Å². The first-order valence-corrected chi connectivity index (χ1v) is 7.15. The molecule has 0 amide bonds. The summed E-state index contributed by atoms with van der Waals surface area (Å²) in [5.74, 6) is -1.74. The topological polar surface area (TPSA) is 41.5 Å². The van der Waals surface area contributed by atoms with E-state index >= 15 is 0 Å². The zero-order chi connectivity index (χ0) is 14.2. The Labute approximate surface area is 116 Å². The third-order valence-electron chi connectivity index (χ3n) is 4.42. The van der Waals surface area contributed by atoms with Crippen molar-refractivity contribution in [1.82, 2.24) is 0 Å². The van der Waals surface area contributed by atoms with E-state index in [9.17, 15) is 13.9 Å². The van der Waals surface area contributed by atoms with Crippen LogP contribution in [0.4, 0.5) is 14.5 Å². The van der Waals surface area contributed by atoms with Gasteiger partial charge in [0.15, 0.2) is 11.6 Å². The summed E-state index contributed by atoms with van der Waals surface area (Å²) in [6.07, 6.45) is 3.95. The van der Waals surface area contributed by atoms with Gasteiger partial charge in [-0.25, -0.2) is 8.78 Å². The fourth-order valence-corrected chi connectivity index (χ4v) is 3.36. The Morgan fingerprint density at radius 1 is 1.20 bits per heavy atom. The third-order valence-corrected chi connectivity index (χ3v) is 4.42. The zero-order valence-corrected chi connectivity index (χ0v) is 11.2. The maximum absolute atomic E-state index is 13.3. The summed E-state index contributed by atoms with van der Waals surface area (Å²) >= 11 is 0. The van der Waals surface area contributed by atoms with Gasteiger partial charge in [-0.2, -0.15) is 0 Å². The molecule has 3 atom stereocenters. The van der Waals surface area contributed by atoms with Gasteiger partial charge in [0.1, 0.15) is 5.60 Å². The number of benzene rings is 1. The minimum Gasteiger partial charge on any atom is -0.385 e. The number of hydrogen-bond acceptors (Lipinski definition) is 3. The van der Waals surface area contributed by atoms with Gasteiger partial charge in [0, 0.05) is 18.4 Å². The van der Waals surface area contributed by atoms with Gasteiger partial charge in [0.05, 0.1) is 12.1 Å². The first-order chi connectivity index (χ1) is 9.59. The summed E-state index contributed by atoms with van der Waals surface area (Å²) in [4.78, 5) is 0. The van der Waals surface area contributed by atoms with Crippen LogP contribution in [0.5, 0.6) is 0 Å².